The SMILES string of the molecule is CCCCCCCCC[C@@H](C#N)C(=O)OCC. The van der Waals surface area contributed by atoms with Gasteiger partial charge in [-0.05, 0) is 13.3 Å². The summed E-state index contributed by atoms with van der Waals surface area (Å²) in [6, 6.07) is 2.02. The van der Waals surface area contributed by atoms with Crippen molar-refractivity contribution in [2.45, 2.75) is 65.2 Å². The van der Waals surface area contributed by atoms with Gasteiger partial charge in [0.05, 0.1) is 12.7 Å². The van der Waals surface area contributed by atoms with Gasteiger partial charge in [0, 0.05) is 0 Å². The summed E-state index contributed by atoms with van der Waals surface area (Å²) in [5, 5.41) is 8.84. The zero-order chi connectivity index (χ0) is 12.9. The zero-order valence-electron chi connectivity index (χ0n) is 11.2. The summed E-state index contributed by atoms with van der Waals surface area (Å²) in [6.07, 6.45) is 9.05. The maximum Gasteiger partial charge on any atom is 0.323 e. The van der Waals surface area contributed by atoms with Crippen LogP contribution < -0.4 is 0 Å². The van der Waals surface area contributed by atoms with Gasteiger partial charge < -0.3 is 4.74 Å². The monoisotopic (exact) mass is 239 g/mol. The molecule has 3 heteroatoms. The quantitative estimate of drug-likeness (QED) is 0.430. The number of hydrogen-bond acceptors (Lipinski definition) is 3. The molecule has 0 heterocycles. The lowest BCUT2D eigenvalue weighted by Crippen LogP contribution is -2.16. The summed E-state index contributed by atoms with van der Waals surface area (Å²) in [5.41, 5.74) is 0. The predicted octanol–water partition coefficient (Wildman–Crippen LogP) is 3.83. The van der Waals surface area contributed by atoms with Crippen molar-refractivity contribution in [2.24, 2.45) is 5.92 Å². The molecular weight excluding hydrogens is 214 g/mol. The highest BCUT2D eigenvalue weighted by molar-refractivity contribution is 5.75. The number of hydrogen-bond donors (Lipinski definition) is 0. The van der Waals surface area contributed by atoms with E-state index in [2.05, 4.69) is 6.92 Å². The van der Waals surface area contributed by atoms with Crippen LogP contribution in [-0.2, 0) is 9.53 Å². The first-order chi connectivity index (χ1) is 8.26. The molecule has 0 amide bonds. The Balaban J connectivity index is 3.51. The first-order valence-electron chi connectivity index (χ1n) is 6.82. The summed E-state index contributed by atoms with van der Waals surface area (Å²) in [4.78, 5) is 11.3. The smallest absolute Gasteiger partial charge is 0.323 e. The van der Waals surface area contributed by atoms with Crippen LogP contribution in [0.3, 0.4) is 0 Å². The highest BCUT2D eigenvalue weighted by atomic mass is 16.5. The van der Waals surface area contributed by atoms with Crippen molar-refractivity contribution in [3.05, 3.63) is 0 Å². The normalized spacial score (nSPS) is 11.8. The number of nitrogens with zero attached hydrogens (tertiary/aromatic N) is 1. The third kappa shape index (κ3) is 8.74. The molecule has 0 saturated carbocycles. The van der Waals surface area contributed by atoms with Crippen molar-refractivity contribution in [3.63, 3.8) is 0 Å². The van der Waals surface area contributed by atoms with Crippen LogP contribution in [0.15, 0.2) is 0 Å². The number of esters is 1. The third-order valence-electron chi connectivity index (χ3n) is 2.82. The maximum atomic E-state index is 11.3. The van der Waals surface area contributed by atoms with Gasteiger partial charge in [-0.15, -0.1) is 0 Å². The standard InChI is InChI=1S/C14H25NO2/c1-3-5-6-7-8-9-10-11-13(12-15)14(16)17-4-2/h13H,3-11H2,1-2H3/t13-/m0/s1. The van der Waals surface area contributed by atoms with Crippen LogP contribution in [0, 0.1) is 17.2 Å². The summed E-state index contributed by atoms with van der Waals surface area (Å²) in [6.45, 7) is 4.32. The molecule has 0 spiro atoms. The molecule has 0 aliphatic rings. The van der Waals surface area contributed by atoms with E-state index >= 15 is 0 Å². The van der Waals surface area contributed by atoms with Gasteiger partial charge in [-0.25, -0.2) is 0 Å². The predicted molar refractivity (Wildman–Crippen MR) is 68.3 cm³/mol. The van der Waals surface area contributed by atoms with Crippen LogP contribution in [0.1, 0.15) is 65.2 Å². The molecule has 0 aliphatic heterocycles. The number of carbonyl (C=O) groups excluding carboxylic acids is 1. The van der Waals surface area contributed by atoms with Crippen LogP contribution in [0.2, 0.25) is 0 Å². The molecular formula is C14H25NO2. The van der Waals surface area contributed by atoms with Crippen molar-refractivity contribution in [3.8, 4) is 6.07 Å². The average molecular weight is 239 g/mol. The van der Waals surface area contributed by atoms with Crippen molar-refractivity contribution >= 4 is 5.97 Å². The lowest BCUT2D eigenvalue weighted by molar-refractivity contribution is -0.146. The number of rotatable bonds is 10. The second kappa shape index (κ2) is 11.4. The summed E-state index contributed by atoms with van der Waals surface area (Å²) >= 11 is 0. The fraction of sp³-hybridized carbons (Fsp3) is 0.857. The second-order valence-electron chi connectivity index (χ2n) is 4.34. The highest BCUT2D eigenvalue weighted by Crippen LogP contribution is 2.13. The number of unbranched alkanes of at least 4 members (excludes halogenated alkanes) is 6. The molecule has 0 bridgehead atoms. The van der Waals surface area contributed by atoms with Crippen LogP contribution in [0.25, 0.3) is 0 Å². The topological polar surface area (TPSA) is 50.1 Å². The molecule has 17 heavy (non-hydrogen) atoms. The fourth-order valence-electron chi connectivity index (χ4n) is 1.78. The van der Waals surface area contributed by atoms with Gasteiger partial charge in [-0.1, -0.05) is 51.9 Å². The Morgan fingerprint density at radius 3 is 2.24 bits per heavy atom. The van der Waals surface area contributed by atoms with E-state index in [1.54, 1.807) is 6.92 Å². The minimum absolute atomic E-state index is 0.355. The van der Waals surface area contributed by atoms with Gasteiger partial charge in [0.15, 0.2) is 0 Å². The molecule has 0 N–H and O–H groups in total. The van der Waals surface area contributed by atoms with Crippen LogP contribution in [-0.4, -0.2) is 12.6 Å². The van der Waals surface area contributed by atoms with Crippen LogP contribution in [0.5, 0.6) is 0 Å². The number of ether oxygens (including phenoxy) is 1. The van der Waals surface area contributed by atoms with E-state index in [0.717, 1.165) is 12.8 Å². The van der Waals surface area contributed by atoms with Gasteiger partial charge in [-0.2, -0.15) is 5.26 Å². The van der Waals surface area contributed by atoms with Crippen LogP contribution >= 0.6 is 0 Å². The lowest BCUT2D eigenvalue weighted by atomic mass is 10.0. The first kappa shape index (κ1) is 16.0. The Bertz CT molecular complexity index is 233. The molecule has 1 atom stereocenters. The van der Waals surface area contributed by atoms with Gasteiger partial charge >= 0.3 is 5.97 Å². The Morgan fingerprint density at radius 1 is 1.12 bits per heavy atom. The molecule has 0 aromatic heterocycles. The van der Waals surface area contributed by atoms with E-state index in [4.69, 9.17) is 10.00 Å². The Morgan fingerprint density at radius 2 is 1.71 bits per heavy atom. The van der Waals surface area contributed by atoms with E-state index in [1.807, 2.05) is 6.07 Å². The van der Waals surface area contributed by atoms with Crippen molar-refractivity contribution in [1.82, 2.24) is 0 Å². The molecule has 98 valence electrons. The van der Waals surface area contributed by atoms with E-state index in [9.17, 15) is 4.79 Å². The zero-order valence-corrected chi connectivity index (χ0v) is 11.2. The van der Waals surface area contributed by atoms with Crippen molar-refractivity contribution in [2.75, 3.05) is 6.61 Å². The van der Waals surface area contributed by atoms with Gasteiger partial charge in [-0.3, -0.25) is 4.79 Å². The number of nitriles is 1. The molecule has 0 rings (SSSR count). The summed E-state index contributed by atoms with van der Waals surface area (Å²) in [5.74, 6) is -0.924. The van der Waals surface area contributed by atoms with Gasteiger partial charge in [0.2, 0.25) is 0 Å². The van der Waals surface area contributed by atoms with Crippen molar-refractivity contribution < 1.29 is 9.53 Å². The van der Waals surface area contributed by atoms with Crippen molar-refractivity contribution in [1.29, 1.82) is 5.26 Å². The summed E-state index contributed by atoms with van der Waals surface area (Å²) < 4.78 is 4.84. The molecule has 0 aromatic carbocycles. The lowest BCUT2D eigenvalue weighted by Gasteiger charge is -2.07. The largest absolute Gasteiger partial charge is 0.465 e. The average Bonchev–Trinajstić information content (AvgIpc) is 2.33. The summed E-state index contributed by atoms with van der Waals surface area (Å²) in [7, 11) is 0. The van der Waals surface area contributed by atoms with Gasteiger partial charge in [0.1, 0.15) is 5.92 Å². The Kier molecular flexibility index (Phi) is 10.7. The number of carbonyl (C=O) groups is 1. The highest BCUT2D eigenvalue weighted by Gasteiger charge is 2.17. The van der Waals surface area contributed by atoms with E-state index in [-0.39, 0.29) is 5.97 Å². The molecule has 0 unspecified atom stereocenters. The molecule has 0 radical (unpaired) electrons. The molecule has 3 nitrogen and oxygen atoms in total. The molecule has 0 saturated heterocycles. The van der Waals surface area contributed by atoms with Gasteiger partial charge in [0.25, 0.3) is 0 Å². The third-order valence-corrected chi connectivity index (χ3v) is 2.82. The Hall–Kier alpha value is -1.04. The minimum atomic E-state index is -0.564. The first-order valence-corrected chi connectivity index (χ1v) is 6.82. The Labute approximate surface area is 105 Å². The maximum absolute atomic E-state index is 11.3. The van der Waals surface area contributed by atoms with E-state index in [0.29, 0.717) is 13.0 Å². The molecule has 0 aromatic rings. The second-order valence-corrected chi connectivity index (χ2v) is 4.34. The van der Waals surface area contributed by atoms with Crippen LogP contribution in [0.4, 0.5) is 0 Å². The molecule has 0 fully saturated rings. The fourth-order valence-corrected chi connectivity index (χ4v) is 1.78. The minimum Gasteiger partial charge on any atom is -0.465 e. The van der Waals surface area contributed by atoms with E-state index in [1.165, 1.54) is 32.1 Å². The van der Waals surface area contributed by atoms with E-state index < -0.39 is 5.92 Å². The molecule has 0 aliphatic carbocycles.